The standard InChI is InChI=1S/C12H24IO2/c1-3-4-5-6-7-8-11-15-12(14)9-10-13-2/h3-11H2,1-2H3/q-1. The van der Waals surface area contributed by atoms with Crippen LogP contribution in [0.2, 0.25) is 0 Å². The van der Waals surface area contributed by atoms with Crippen LogP contribution in [0.5, 0.6) is 0 Å². The monoisotopic (exact) mass is 327 g/mol. The summed E-state index contributed by atoms with van der Waals surface area (Å²) in [7, 11) is 0. The first-order valence-electron chi connectivity index (χ1n) is 5.90. The number of hydrogen-bond acceptors (Lipinski definition) is 2. The van der Waals surface area contributed by atoms with E-state index in [4.69, 9.17) is 4.74 Å². The molecule has 0 aliphatic rings. The first-order valence-corrected chi connectivity index (χ1v) is 9.59. The van der Waals surface area contributed by atoms with E-state index < -0.39 is 0 Å². The van der Waals surface area contributed by atoms with Gasteiger partial charge in [-0.15, -0.1) is 0 Å². The van der Waals surface area contributed by atoms with Gasteiger partial charge in [-0.2, -0.15) is 0 Å². The molecule has 0 aromatic heterocycles. The zero-order valence-electron chi connectivity index (χ0n) is 10.1. The molecule has 0 aliphatic carbocycles. The van der Waals surface area contributed by atoms with Crippen molar-refractivity contribution in [1.82, 2.24) is 0 Å². The number of ether oxygens (including phenoxy) is 1. The third-order valence-electron chi connectivity index (χ3n) is 2.25. The zero-order chi connectivity index (χ0) is 11.4. The van der Waals surface area contributed by atoms with Crippen LogP contribution in [0.3, 0.4) is 0 Å². The number of carbonyl (C=O) groups excluding carboxylic acids is 1. The molecule has 0 N–H and O–H groups in total. The third kappa shape index (κ3) is 12.1. The van der Waals surface area contributed by atoms with Crippen molar-refractivity contribution in [2.24, 2.45) is 0 Å². The van der Waals surface area contributed by atoms with E-state index in [1.807, 2.05) is 0 Å². The molecule has 0 amide bonds. The predicted octanol–water partition coefficient (Wildman–Crippen LogP) is -0.001000. The van der Waals surface area contributed by atoms with Gasteiger partial charge in [-0.25, -0.2) is 0 Å². The second-order valence-electron chi connectivity index (χ2n) is 3.69. The molecule has 0 atom stereocenters. The Morgan fingerprint density at radius 2 is 1.80 bits per heavy atom. The molecule has 0 saturated heterocycles. The van der Waals surface area contributed by atoms with Gasteiger partial charge in [-0.05, 0) is 0 Å². The minimum absolute atomic E-state index is 0.00473. The molecule has 15 heavy (non-hydrogen) atoms. The van der Waals surface area contributed by atoms with Gasteiger partial charge in [0, 0.05) is 0 Å². The molecule has 0 bridgehead atoms. The quantitative estimate of drug-likeness (QED) is 0.244. The van der Waals surface area contributed by atoms with E-state index in [1.54, 1.807) is 0 Å². The molecule has 0 saturated carbocycles. The summed E-state index contributed by atoms with van der Waals surface area (Å²) in [6.45, 7) is 2.85. The summed E-state index contributed by atoms with van der Waals surface area (Å²) in [5.41, 5.74) is 0. The Morgan fingerprint density at radius 1 is 1.13 bits per heavy atom. The Labute approximate surface area is 104 Å². The molecule has 0 spiro atoms. The summed E-state index contributed by atoms with van der Waals surface area (Å²) in [4.78, 5) is 13.3. The number of rotatable bonds is 10. The Hall–Kier alpha value is 0.200. The Balaban J connectivity index is 3.06. The normalized spacial score (nSPS) is 10.5. The fourth-order valence-electron chi connectivity index (χ4n) is 1.31. The molecular weight excluding hydrogens is 303 g/mol. The van der Waals surface area contributed by atoms with E-state index in [1.165, 1.54) is 32.1 Å². The molecule has 0 radical (unpaired) electrons. The van der Waals surface area contributed by atoms with Crippen molar-refractivity contribution in [3.63, 3.8) is 0 Å². The first kappa shape index (κ1) is 15.2. The molecule has 0 unspecified atom stereocenters. The second kappa shape index (κ2) is 12.3. The number of unbranched alkanes of at least 4 members (excludes halogenated alkanes) is 5. The molecule has 0 aliphatic heterocycles. The number of alkyl halides is 2. The van der Waals surface area contributed by atoms with Crippen LogP contribution < -0.4 is 21.2 Å². The topological polar surface area (TPSA) is 26.3 Å². The van der Waals surface area contributed by atoms with Gasteiger partial charge in [0.2, 0.25) is 0 Å². The average molecular weight is 327 g/mol. The maximum absolute atomic E-state index is 11.1. The van der Waals surface area contributed by atoms with Crippen molar-refractivity contribution in [2.45, 2.75) is 51.9 Å². The fourth-order valence-corrected chi connectivity index (χ4v) is 2.29. The summed E-state index contributed by atoms with van der Waals surface area (Å²) >= 11 is 0.243. The third-order valence-corrected chi connectivity index (χ3v) is 3.87. The molecule has 0 heterocycles. The van der Waals surface area contributed by atoms with E-state index in [0.717, 1.165) is 10.8 Å². The van der Waals surface area contributed by atoms with Crippen LogP contribution in [-0.2, 0) is 9.53 Å². The molecule has 3 heteroatoms. The van der Waals surface area contributed by atoms with Crippen LogP contribution >= 0.6 is 0 Å². The van der Waals surface area contributed by atoms with Crippen molar-refractivity contribution in [2.75, 3.05) is 16.0 Å². The van der Waals surface area contributed by atoms with Gasteiger partial charge in [-0.3, -0.25) is 0 Å². The molecule has 2 nitrogen and oxygen atoms in total. The molecule has 0 rings (SSSR count). The van der Waals surface area contributed by atoms with Crippen LogP contribution in [0.1, 0.15) is 51.9 Å². The summed E-state index contributed by atoms with van der Waals surface area (Å²) < 4.78 is 6.19. The van der Waals surface area contributed by atoms with Crippen LogP contribution in [-0.4, -0.2) is 21.9 Å². The SMILES string of the molecule is CCCCCCCCOC(=O)CC[I-]C. The van der Waals surface area contributed by atoms with E-state index in [9.17, 15) is 4.79 Å². The van der Waals surface area contributed by atoms with Crippen molar-refractivity contribution in [1.29, 1.82) is 0 Å². The minimum atomic E-state index is 0.00473. The van der Waals surface area contributed by atoms with Gasteiger partial charge in [0.25, 0.3) is 0 Å². The van der Waals surface area contributed by atoms with E-state index in [0.29, 0.717) is 13.0 Å². The summed E-state index contributed by atoms with van der Waals surface area (Å²) in [5.74, 6) is 0.00473. The van der Waals surface area contributed by atoms with Gasteiger partial charge in [0.1, 0.15) is 0 Å². The number of esters is 1. The maximum atomic E-state index is 11.1. The zero-order valence-corrected chi connectivity index (χ0v) is 12.2. The van der Waals surface area contributed by atoms with Crippen molar-refractivity contribution in [3.8, 4) is 0 Å². The van der Waals surface area contributed by atoms with Crippen LogP contribution in [0.25, 0.3) is 0 Å². The number of halogens is 1. The van der Waals surface area contributed by atoms with Crippen LogP contribution in [0, 0.1) is 0 Å². The molecule has 0 fully saturated rings. The van der Waals surface area contributed by atoms with Gasteiger partial charge in [-0.1, -0.05) is 0 Å². The predicted molar refractivity (Wildman–Crippen MR) is 59.7 cm³/mol. The van der Waals surface area contributed by atoms with Crippen LogP contribution in [0.4, 0.5) is 0 Å². The second-order valence-corrected chi connectivity index (χ2v) is 6.30. The first-order chi connectivity index (χ1) is 7.31. The number of hydrogen-bond donors (Lipinski definition) is 0. The van der Waals surface area contributed by atoms with Crippen LogP contribution in [0.15, 0.2) is 0 Å². The summed E-state index contributed by atoms with van der Waals surface area (Å²) in [5, 5.41) is 0. The van der Waals surface area contributed by atoms with Gasteiger partial charge in [0.05, 0.1) is 0 Å². The van der Waals surface area contributed by atoms with Crippen molar-refractivity contribution in [3.05, 3.63) is 0 Å². The van der Waals surface area contributed by atoms with Crippen molar-refractivity contribution < 1.29 is 30.7 Å². The van der Waals surface area contributed by atoms with Gasteiger partial charge in [0.15, 0.2) is 0 Å². The van der Waals surface area contributed by atoms with Gasteiger partial charge >= 0.3 is 105 Å². The van der Waals surface area contributed by atoms with Gasteiger partial charge < -0.3 is 0 Å². The van der Waals surface area contributed by atoms with E-state index in [-0.39, 0.29) is 27.2 Å². The molecular formula is C12H24IO2-. The molecule has 0 aromatic rings. The Bertz CT molecular complexity index is 149. The Morgan fingerprint density at radius 3 is 2.47 bits per heavy atom. The summed E-state index contributed by atoms with van der Waals surface area (Å²) in [6, 6.07) is 0. The molecule has 92 valence electrons. The number of carbonyl (C=O) groups is 1. The van der Waals surface area contributed by atoms with E-state index in [2.05, 4.69) is 11.9 Å². The van der Waals surface area contributed by atoms with E-state index >= 15 is 0 Å². The molecule has 0 aromatic carbocycles. The fraction of sp³-hybridized carbons (Fsp3) is 0.917. The van der Waals surface area contributed by atoms with Crippen molar-refractivity contribution >= 4 is 5.97 Å². The average Bonchev–Trinajstić information content (AvgIpc) is 2.25. The summed E-state index contributed by atoms with van der Waals surface area (Å²) in [6.07, 6.45) is 8.11. The Kier molecular flexibility index (Phi) is 12.4.